The Kier molecular flexibility index (Phi) is 1.70. The number of nitrogens with one attached hydrogen (secondary N) is 1. The lowest BCUT2D eigenvalue weighted by Gasteiger charge is -2.11. The fraction of sp³-hybridized carbons (Fsp3) is 0.222. The topological polar surface area (TPSA) is 27.6 Å². The monoisotopic (exact) mass is 161 g/mol. The lowest BCUT2D eigenvalue weighted by molar-refractivity contribution is 0.506. The molecule has 3 heteroatoms. The number of benzene rings is 1. The predicted molar refractivity (Wildman–Crippen MR) is 48.7 cm³/mol. The zero-order valence-electron chi connectivity index (χ0n) is 6.99. The molecule has 0 saturated carbocycles. The molecular weight excluding hydrogens is 150 g/mol. The van der Waals surface area contributed by atoms with Gasteiger partial charge in [0.15, 0.2) is 5.84 Å². The van der Waals surface area contributed by atoms with Crippen LogP contribution in [0.3, 0.4) is 0 Å². The third kappa shape index (κ3) is 1.13. The van der Waals surface area contributed by atoms with Gasteiger partial charge in [-0.25, -0.2) is 0 Å². The Labute approximate surface area is 71.7 Å². The Balaban J connectivity index is 2.31. The molecule has 1 N–H and O–H groups in total. The van der Waals surface area contributed by atoms with Crippen LogP contribution in [0.1, 0.15) is 5.56 Å². The van der Waals surface area contributed by atoms with Crippen LogP contribution in [0.25, 0.3) is 0 Å². The number of hydrazone groups is 1. The van der Waals surface area contributed by atoms with Gasteiger partial charge in [0.1, 0.15) is 6.67 Å². The normalized spacial score (nSPS) is 15.8. The highest BCUT2D eigenvalue weighted by Crippen LogP contribution is 2.06. The van der Waals surface area contributed by atoms with E-state index in [4.69, 9.17) is 0 Å². The smallest absolute Gasteiger partial charge is 0.156 e. The fourth-order valence-electron chi connectivity index (χ4n) is 1.25. The molecule has 1 aromatic carbocycles. The van der Waals surface area contributed by atoms with Crippen molar-refractivity contribution in [2.75, 3.05) is 13.7 Å². The molecule has 1 heterocycles. The number of hydrogen-bond donors (Lipinski definition) is 1. The largest absolute Gasteiger partial charge is 0.339 e. The minimum Gasteiger partial charge on any atom is -0.339 e. The molecule has 0 saturated heterocycles. The maximum atomic E-state index is 4.18. The van der Waals surface area contributed by atoms with Crippen molar-refractivity contribution in [1.29, 1.82) is 0 Å². The number of nitrogens with zero attached hydrogens (tertiary/aromatic N) is 2. The van der Waals surface area contributed by atoms with E-state index in [1.807, 2.05) is 25.2 Å². The molecule has 0 bridgehead atoms. The van der Waals surface area contributed by atoms with E-state index in [0.29, 0.717) is 0 Å². The summed E-state index contributed by atoms with van der Waals surface area (Å²) in [5.74, 6) is 1.01. The molecule has 0 aliphatic carbocycles. The van der Waals surface area contributed by atoms with E-state index in [2.05, 4.69) is 27.6 Å². The maximum absolute atomic E-state index is 4.18. The van der Waals surface area contributed by atoms with Gasteiger partial charge in [-0.2, -0.15) is 5.10 Å². The van der Waals surface area contributed by atoms with E-state index < -0.39 is 0 Å². The molecule has 1 aliphatic rings. The highest BCUT2D eigenvalue weighted by atomic mass is 15.5. The van der Waals surface area contributed by atoms with Gasteiger partial charge in [0.25, 0.3) is 0 Å². The Morgan fingerprint density at radius 2 is 2.08 bits per heavy atom. The number of amidine groups is 1. The number of rotatable bonds is 1. The summed E-state index contributed by atoms with van der Waals surface area (Å²) in [6, 6.07) is 10.2. The third-order valence-corrected chi connectivity index (χ3v) is 1.89. The van der Waals surface area contributed by atoms with Crippen molar-refractivity contribution in [2.24, 2.45) is 5.10 Å². The average Bonchev–Trinajstić information content (AvgIpc) is 2.53. The minimum atomic E-state index is 0.796. The standard InChI is InChI=1S/C9H11N3/c1-12-7-10-11-9(12)8-5-3-2-4-6-8/h2-6,10H,7H2,1H3. The number of hydrogen-bond acceptors (Lipinski definition) is 3. The molecule has 12 heavy (non-hydrogen) atoms. The first-order valence-corrected chi connectivity index (χ1v) is 3.95. The van der Waals surface area contributed by atoms with Crippen LogP contribution in [0.2, 0.25) is 0 Å². The fourth-order valence-corrected chi connectivity index (χ4v) is 1.25. The van der Waals surface area contributed by atoms with Gasteiger partial charge in [-0.05, 0) is 0 Å². The highest BCUT2D eigenvalue weighted by Gasteiger charge is 2.12. The first kappa shape index (κ1) is 7.16. The van der Waals surface area contributed by atoms with Crippen LogP contribution in [0.4, 0.5) is 0 Å². The van der Waals surface area contributed by atoms with Gasteiger partial charge in [-0.15, -0.1) is 0 Å². The summed E-state index contributed by atoms with van der Waals surface area (Å²) < 4.78 is 0. The zero-order chi connectivity index (χ0) is 8.39. The summed E-state index contributed by atoms with van der Waals surface area (Å²) in [5, 5.41) is 4.18. The highest BCUT2D eigenvalue weighted by molar-refractivity contribution is 5.99. The average molecular weight is 161 g/mol. The van der Waals surface area contributed by atoms with Crippen molar-refractivity contribution in [2.45, 2.75) is 0 Å². The summed E-state index contributed by atoms with van der Waals surface area (Å²) in [4.78, 5) is 2.08. The van der Waals surface area contributed by atoms with Crippen molar-refractivity contribution >= 4 is 5.84 Å². The summed E-state index contributed by atoms with van der Waals surface area (Å²) in [6.07, 6.45) is 0. The summed E-state index contributed by atoms with van der Waals surface area (Å²) in [6.45, 7) is 0.796. The van der Waals surface area contributed by atoms with Crippen molar-refractivity contribution in [3.05, 3.63) is 35.9 Å². The van der Waals surface area contributed by atoms with Crippen LogP contribution in [-0.2, 0) is 0 Å². The van der Waals surface area contributed by atoms with Gasteiger partial charge >= 0.3 is 0 Å². The SMILES string of the molecule is CN1CNN=C1c1ccccc1. The molecule has 62 valence electrons. The Bertz CT molecular complexity index is 292. The van der Waals surface area contributed by atoms with Gasteiger partial charge in [-0.3, -0.25) is 5.43 Å². The molecule has 0 amide bonds. The van der Waals surface area contributed by atoms with Gasteiger partial charge in [0, 0.05) is 12.6 Å². The van der Waals surface area contributed by atoms with E-state index >= 15 is 0 Å². The van der Waals surface area contributed by atoms with E-state index in [1.165, 1.54) is 0 Å². The molecule has 1 aromatic rings. The van der Waals surface area contributed by atoms with Gasteiger partial charge < -0.3 is 4.90 Å². The molecule has 0 radical (unpaired) electrons. The van der Waals surface area contributed by atoms with Gasteiger partial charge in [0.2, 0.25) is 0 Å². The molecule has 0 atom stereocenters. The minimum absolute atomic E-state index is 0.796. The first-order valence-electron chi connectivity index (χ1n) is 3.95. The quantitative estimate of drug-likeness (QED) is 0.661. The van der Waals surface area contributed by atoms with Crippen molar-refractivity contribution in [3.63, 3.8) is 0 Å². The lowest BCUT2D eigenvalue weighted by Crippen LogP contribution is -2.25. The lowest BCUT2D eigenvalue weighted by atomic mass is 10.2. The second-order valence-electron chi connectivity index (χ2n) is 2.82. The Morgan fingerprint density at radius 1 is 1.33 bits per heavy atom. The van der Waals surface area contributed by atoms with Crippen LogP contribution in [-0.4, -0.2) is 24.5 Å². The summed E-state index contributed by atoms with van der Waals surface area (Å²) in [5.41, 5.74) is 4.09. The van der Waals surface area contributed by atoms with Crippen LogP contribution < -0.4 is 5.43 Å². The Morgan fingerprint density at radius 3 is 2.67 bits per heavy atom. The predicted octanol–water partition coefficient (Wildman–Crippen LogP) is 0.841. The van der Waals surface area contributed by atoms with E-state index in [1.54, 1.807) is 0 Å². The van der Waals surface area contributed by atoms with E-state index in [9.17, 15) is 0 Å². The van der Waals surface area contributed by atoms with Crippen molar-refractivity contribution in [1.82, 2.24) is 10.3 Å². The molecule has 2 rings (SSSR count). The zero-order valence-corrected chi connectivity index (χ0v) is 6.99. The van der Waals surface area contributed by atoms with Crippen LogP contribution in [0.5, 0.6) is 0 Å². The van der Waals surface area contributed by atoms with Crippen molar-refractivity contribution < 1.29 is 0 Å². The van der Waals surface area contributed by atoms with Crippen molar-refractivity contribution in [3.8, 4) is 0 Å². The summed E-state index contributed by atoms with van der Waals surface area (Å²) in [7, 11) is 2.02. The maximum Gasteiger partial charge on any atom is 0.156 e. The molecule has 1 aliphatic heterocycles. The Hall–Kier alpha value is -1.51. The van der Waals surface area contributed by atoms with E-state index in [-0.39, 0.29) is 0 Å². The molecule has 0 spiro atoms. The van der Waals surface area contributed by atoms with Crippen LogP contribution >= 0.6 is 0 Å². The molecule has 0 aromatic heterocycles. The van der Waals surface area contributed by atoms with Gasteiger partial charge in [0.05, 0.1) is 0 Å². The molecule has 0 unspecified atom stereocenters. The first-order chi connectivity index (χ1) is 5.88. The van der Waals surface area contributed by atoms with Crippen LogP contribution in [0, 0.1) is 0 Å². The third-order valence-electron chi connectivity index (χ3n) is 1.89. The second-order valence-corrected chi connectivity index (χ2v) is 2.82. The van der Waals surface area contributed by atoms with E-state index in [0.717, 1.165) is 18.1 Å². The second kappa shape index (κ2) is 2.85. The molecule has 0 fully saturated rings. The van der Waals surface area contributed by atoms with Crippen LogP contribution in [0.15, 0.2) is 35.4 Å². The molecular formula is C9H11N3. The molecule has 3 nitrogen and oxygen atoms in total. The van der Waals surface area contributed by atoms with Gasteiger partial charge in [-0.1, -0.05) is 30.3 Å². The summed E-state index contributed by atoms with van der Waals surface area (Å²) >= 11 is 0.